The number of nitrogens with one attached hydrogen (secondary N) is 1. The molecule has 13 heteroatoms. The van der Waals surface area contributed by atoms with Crippen LogP contribution in [-0.2, 0) is 15.4 Å². The second kappa shape index (κ2) is 12.7. The molecule has 0 radical (unpaired) electrons. The molecule has 0 spiro atoms. The SMILES string of the molecule is CCS(=O)(=O)c1nc(N(C)[C@H]2CCN(C(=O)O)C2)c2cc(C3CC3)c(-c3c(C)c(F)cc4[nH]ncc34)c(OC(C)(c3ccccc3)C(C)(C)C)c2n1. The summed E-state index contributed by atoms with van der Waals surface area (Å²) in [5, 5.41) is 17.9. The average molecular weight is 729 g/mol. The summed E-state index contributed by atoms with van der Waals surface area (Å²) in [7, 11) is -2.13. The Morgan fingerprint density at radius 3 is 2.40 bits per heavy atom. The molecule has 2 N–H and O–H groups in total. The Bertz CT molecular complexity index is 2320. The Morgan fingerprint density at radius 2 is 1.79 bits per heavy atom. The molecule has 11 nitrogen and oxygen atoms in total. The molecule has 1 saturated heterocycles. The number of anilines is 1. The second-order valence-electron chi connectivity index (χ2n) is 15.3. The van der Waals surface area contributed by atoms with E-state index >= 15 is 4.39 Å². The number of benzene rings is 3. The van der Waals surface area contributed by atoms with E-state index in [1.165, 1.54) is 11.0 Å². The maximum Gasteiger partial charge on any atom is 0.407 e. The first kappa shape index (κ1) is 35.6. The van der Waals surface area contributed by atoms with E-state index in [0.717, 1.165) is 24.0 Å². The number of likely N-dealkylation sites (tertiary alicyclic amines) is 1. The van der Waals surface area contributed by atoms with Gasteiger partial charge in [-0.15, -0.1) is 0 Å². The van der Waals surface area contributed by atoms with Gasteiger partial charge in [-0.25, -0.2) is 27.6 Å². The quantitative estimate of drug-likeness (QED) is 0.145. The number of H-pyrrole nitrogens is 1. The van der Waals surface area contributed by atoms with Crippen LogP contribution < -0.4 is 9.64 Å². The highest BCUT2D eigenvalue weighted by Crippen LogP contribution is 2.55. The molecular formula is C39H45FN6O5S. The molecule has 2 aliphatic rings. The maximum absolute atomic E-state index is 15.9. The number of nitrogens with zero attached hydrogens (tertiary/aromatic N) is 5. The predicted octanol–water partition coefficient (Wildman–Crippen LogP) is 7.82. The number of likely N-dealkylation sites (N-methyl/N-ethyl adjacent to an activating group) is 1. The van der Waals surface area contributed by atoms with Gasteiger partial charge in [-0.3, -0.25) is 5.10 Å². The Labute approximate surface area is 303 Å². The monoisotopic (exact) mass is 728 g/mol. The van der Waals surface area contributed by atoms with Gasteiger partial charge in [-0.1, -0.05) is 58.0 Å². The molecule has 1 saturated carbocycles. The first-order valence-corrected chi connectivity index (χ1v) is 19.4. The fraction of sp³-hybridized carbons (Fsp3) is 0.436. The van der Waals surface area contributed by atoms with E-state index in [1.807, 2.05) is 55.3 Å². The van der Waals surface area contributed by atoms with Crippen LogP contribution in [0.2, 0.25) is 0 Å². The van der Waals surface area contributed by atoms with E-state index < -0.39 is 32.8 Å². The van der Waals surface area contributed by atoms with Crippen LogP contribution in [0.3, 0.4) is 0 Å². The van der Waals surface area contributed by atoms with Crippen LogP contribution in [0.5, 0.6) is 5.75 Å². The third-order valence-electron chi connectivity index (χ3n) is 11.2. The number of aromatic amines is 1. The molecule has 1 amide bonds. The van der Waals surface area contributed by atoms with Crippen LogP contribution in [0.4, 0.5) is 15.0 Å². The normalized spacial score (nSPS) is 17.8. The van der Waals surface area contributed by atoms with E-state index in [-0.39, 0.29) is 34.9 Å². The third kappa shape index (κ3) is 5.92. The van der Waals surface area contributed by atoms with Crippen molar-refractivity contribution in [3.8, 4) is 16.9 Å². The van der Waals surface area contributed by atoms with E-state index in [2.05, 4.69) is 31.0 Å². The van der Waals surface area contributed by atoms with Crippen molar-refractivity contribution in [1.82, 2.24) is 25.1 Å². The van der Waals surface area contributed by atoms with Crippen molar-refractivity contribution in [2.45, 2.75) is 83.5 Å². The smallest absolute Gasteiger partial charge is 0.407 e. The summed E-state index contributed by atoms with van der Waals surface area (Å²) < 4.78 is 50.8. The molecule has 52 heavy (non-hydrogen) atoms. The lowest BCUT2D eigenvalue weighted by molar-refractivity contribution is -0.0201. The molecule has 1 unspecified atom stereocenters. The summed E-state index contributed by atoms with van der Waals surface area (Å²) >= 11 is 0. The number of halogens is 1. The van der Waals surface area contributed by atoms with E-state index in [1.54, 1.807) is 20.0 Å². The topological polar surface area (TPSA) is 142 Å². The van der Waals surface area contributed by atoms with Crippen molar-refractivity contribution in [2.24, 2.45) is 5.41 Å². The number of hydrogen-bond donors (Lipinski definition) is 2. The number of ether oxygens (including phenoxy) is 1. The molecule has 1 aliphatic carbocycles. The van der Waals surface area contributed by atoms with Crippen molar-refractivity contribution < 1.29 is 27.4 Å². The van der Waals surface area contributed by atoms with Crippen LogP contribution >= 0.6 is 0 Å². The van der Waals surface area contributed by atoms with Crippen molar-refractivity contribution >= 4 is 43.6 Å². The van der Waals surface area contributed by atoms with Gasteiger partial charge in [0, 0.05) is 53.5 Å². The number of amides is 1. The number of fused-ring (bicyclic) bond motifs is 2. The molecule has 5 aromatic rings. The lowest BCUT2D eigenvalue weighted by Gasteiger charge is -2.43. The van der Waals surface area contributed by atoms with E-state index in [0.29, 0.717) is 57.5 Å². The third-order valence-corrected chi connectivity index (χ3v) is 12.7. The van der Waals surface area contributed by atoms with Crippen LogP contribution in [0.15, 0.2) is 53.8 Å². The summed E-state index contributed by atoms with van der Waals surface area (Å²) in [6, 6.07) is 13.1. The van der Waals surface area contributed by atoms with Crippen LogP contribution in [0.1, 0.15) is 76.5 Å². The van der Waals surface area contributed by atoms with Gasteiger partial charge in [0.05, 0.1) is 17.5 Å². The molecule has 2 atom stereocenters. The molecule has 2 aromatic heterocycles. The Balaban J connectivity index is 1.63. The summed E-state index contributed by atoms with van der Waals surface area (Å²) in [5.41, 5.74) is 2.78. The number of rotatable bonds is 9. The van der Waals surface area contributed by atoms with Gasteiger partial charge in [0.25, 0.3) is 0 Å². The Kier molecular flexibility index (Phi) is 8.71. The second-order valence-corrected chi connectivity index (χ2v) is 17.5. The Hall–Kier alpha value is -4.78. The van der Waals surface area contributed by atoms with Crippen LogP contribution in [0, 0.1) is 18.2 Å². The molecule has 274 valence electrons. The first-order valence-electron chi connectivity index (χ1n) is 17.7. The zero-order valence-electron chi connectivity index (χ0n) is 30.6. The highest BCUT2D eigenvalue weighted by atomic mass is 32.2. The zero-order chi connectivity index (χ0) is 37.3. The number of hydrogen-bond acceptors (Lipinski definition) is 8. The summed E-state index contributed by atoms with van der Waals surface area (Å²) in [4.78, 5) is 24.7. The minimum Gasteiger partial charge on any atom is -0.479 e. The van der Waals surface area contributed by atoms with Crippen molar-refractivity contribution in [2.75, 3.05) is 30.8 Å². The fourth-order valence-corrected chi connectivity index (χ4v) is 8.04. The zero-order valence-corrected chi connectivity index (χ0v) is 31.4. The highest BCUT2D eigenvalue weighted by molar-refractivity contribution is 7.91. The number of carboxylic acid groups (broad SMARTS) is 1. The van der Waals surface area contributed by atoms with Crippen LogP contribution in [-0.4, -0.2) is 76.6 Å². The number of carbonyl (C=O) groups is 1. The molecule has 1 aliphatic heterocycles. The first-order chi connectivity index (χ1) is 24.6. The van der Waals surface area contributed by atoms with Gasteiger partial charge >= 0.3 is 6.09 Å². The van der Waals surface area contributed by atoms with Gasteiger partial charge in [-0.05, 0) is 67.9 Å². The predicted molar refractivity (Wildman–Crippen MR) is 199 cm³/mol. The van der Waals surface area contributed by atoms with Crippen molar-refractivity contribution in [3.63, 3.8) is 0 Å². The van der Waals surface area contributed by atoms with E-state index in [4.69, 9.17) is 14.7 Å². The lowest BCUT2D eigenvalue weighted by atomic mass is 9.73. The van der Waals surface area contributed by atoms with Gasteiger partial charge in [0.2, 0.25) is 15.0 Å². The standard InChI is InChI=1S/C39H45FN6O5S/c1-8-52(49,50)36-42-33-27(35(43-36)45(7)25-16-17-46(21-25)37(47)48)18-26(23-14-15-23)32(31-22(2)29(40)19-30-28(31)20-41-44-30)34(33)51-39(6,38(3,4)5)24-12-10-9-11-13-24/h9-13,18-20,23,25H,8,14-17,21H2,1-7H3,(H,41,44)(H,47,48)/t25-,39?/m0/s1. The molecule has 7 rings (SSSR count). The summed E-state index contributed by atoms with van der Waals surface area (Å²) in [6.07, 6.45) is 3.02. The minimum absolute atomic E-state index is 0.121. The molecule has 3 aromatic carbocycles. The number of sulfone groups is 1. The molecule has 0 bridgehead atoms. The van der Waals surface area contributed by atoms with Crippen molar-refractivity contribution in [3.05, 3.63) is 71.2 Å². The fourth-order valence-electron chi connectivity index (χ4n) is 7.33. The van der Waals surface area contributed by atoms with Gasteiger partial charge in [0.15, 0.2) is 5.75 Å². The molecule has 3 heterocycles. The van der Waals surface area contributed by atoms with Crippen LogP contribution in [0.25, 0.3) is 32.9 Å². The summed E-state index contributed by atoms with van der Waals surface area (Å²) in [5.74, 6) is 0.177. The Morgan fingerprint density at radius 1 is 1.08 bits per heavy atom. The average Bonchev–Trinajstić information content (AvgIpc) is 3.64. The van der Waals surface area contributed by atoms with Gasteiger partial charge in [-0.2, -0.15) is 5.10 Å². The molecule has 2 fully saturated rings. The molecular weight excluding hydrogens is 684 g/mol. The highest BCUT2D eigenvalue weighted by Gasteiger charge is 2.44. The lowest BCUT2D eigenvalue weighted by Crippen LogP contribution is -2.43. The van der Waals surface area contributed by atoms with Gasteiger partial charge < -0.3 is 19.6 Å². The van der Waals surface area contributed by atoms with Gasteiger partial charge in [0.1, 0.15) is 22.8 Å². The largest absolute Gasteiger partial charge is 0.479 e. The summed E-state index contributed by atoms with van der Waals surface area (Å²) in [6.45, 7) is 12.1. The van der Waals surface area contributed by atoms with Crippen molar-refractivity contribution in [1.29, 1.82) is 0 Å². The minimum atomic E-state index is -3.95. The van der Waals surface area contributed by atoms with E-state index in [9.17, 15) is 18.3 Å². The number of aromatic nitrogens is 4. The maximum atomic E-state index is 15.9.